The Morgan fingerprint density at radius 1 is 1.25 bits per heavy atom. The van der Waals surface area contributed by atoms with E-state index >= 15 is 0 Å². The first-order valence-electron chi connectivity index (χ1n) is 5.97. The quantitative estimate of drug-likeness (QED) is 0.887. The predicted octanol–water partition coefficient (Wildman–Crippen LogP) is 2.10. The van der Waals surface area contributed by atoms with Gasteiger partial charge >= 0.3 is 0 Å². The number of nitrogens with one attached hydrogen (secondary N) is 2. The third-order valence-electron chi connectivity index (χ3n) is 2.95. The van der Waals surface area contributed by atoms with E-state index in [1.54, 1.807) is 18.2 Å². The summed E-state index contributed by atoms with van der Waals surface area (Å²) >= 11 is 5.82. The van der Waals surface area contributed by atoms with Crippen molar-refractivity contribution >= 4 is 23.2 Å². The molecule has 20 heavy (non-hydrogen) atoms. The fraction of sp³-hybridized carbons (Fsp3) is 0.154. The zero-order valence-electron chi connectivity index (χ0n) is 10.3. The maximum Gasteiger partial charge on any atom is 0.273 e. The number of carbonyl (C=O) groups is 1. The lowest BCUT2D eigenvalue weighted by molar-refractivity contribution is -0.116. The summed E-state index contributed by atoms with van der Waals surface area (Å²) in [6.07, 6.45) is 2.32. The molecule has 1 amide bonds. The minimum atomic E-state index is -0.457. The van der Waals surface area contributed by atoms with E-state index in [-0.39, 0.29) is 16.8 Å². The molecule has 0 unspecified atom stereocenters. The number of benzene rings is 1. The Balaban J connectivity index is 1.90. The summed E-state index contributed by atoms with van der Waals surface area (Å²) in [6, 6.07) is 5.24. The van der Waals surface area contributed by atoms with Gasteiger partial charge in [0.05, 0.1) is 6.33 Å². The van der Waals surface area contributed by atoms with Gasteiger partial charge in [-0.3, -0.25) is 9.59 Å². The van der Waals surface area contributed by atoms with Gasteiger partial charge in [-0.15, -0.1) is 0 Å². The van der Waals surface area contributed by atoms with Crippen LogP contribution in [0.5, 0.6) is 11.6 Å². The summed E-state index contributed by atoms with van der Waals surface area (Å²) in [6.45, 7) is 0. The van der Waals surface area contributed by atoms with E-state index in [9.17, 15) is 9.59 Å². The minimum Gasteiger partial charge on any atom is -0.437 e. The van der Waals surface area contributed by atoms with E-state index in [0.717, 1.165) is 11.3 Å². The van der Waals surface area contributed by atoms with Crippen molar-refractivity contribution in [2.24, 2.45) is 0 Å². The maximum absolute atomic E-state index is 11.3. The molecule has 2 aromatic rings. The number of carbonyl (C=O) groups excluding carboxylic acids is 1. The molecule has 0 aliphatic carbocycles. The van der Waals surface area contributed by atoms with Crippen LogP contribution in [0.25, 0.3) is 0 Å². The molecule has 0 spiro atoms. The predicted molar refractivity (Wildman–Crippen MR) is 73.3 cm³/mol. The van der Waals surface area contributed by atoms with Crippen molar-refractivity contribution in [3.63, 3.8) is 0 Å². The van der Waals surface area contributed by atoms with E-state index in [1.165, 1.54) is 6.33 Å². The number of hydrogen-bond donors (Lipinski definition) is 2. The lowest BCUT2D eigenvalue weighted by Gasteiger charge is -2.17. The van der Waals surface area contributed by atoms with Gasteiger partial charge in [0.1, 0.15) is 5.75 Å². The summed E-state index contributed by atoms with van der Waals surface area (Å²) in [5.41, 5.74) is 1.29. The highest BCUT2D eigenvalue weighted by Crippen LogP contribution is 2.30. The molecule has 1 aliphatic rings. The lowest BCUT2D eigenvalue weighted by Crippen LogP contribution is -2.18. The van der Waals surface area contributed by atoms with Crippen LogP contribution >= 0.6 is 11.6 Å². The molecule has 0 saturated heterocycles. The van der Waals surface area contributed by atoms with Crippen LogP contribution in [0.4, 0.5) is 5.69 Å². The second kappa shape index (κ2) is 4.97. The van der Waals surface area contributed by atoms with Gasteiger partial charge in [0.2, 0.25) is 11.8 Å². The van der Waals surface area contributed by atoms with Crippen LogP contribution in [0, 0.1) is 0 Å². The SMILES string of the molecule is O=C1CCc2cc(Oc3nc[nH]c(=O)c3Cl)ccc2N1. The van der Waals surface area contributed by atoms with Crippen LogP contribution < -0.4 is 15.6 Å². The molecule has 0 fully saturated rings. The smallest absolute Gasteiger partial charge is 0.273 e. The van der Waals surface area contributed by atoms with Crippen molar-refractivity contribution in [3.8, 4) is 11.6 Å². The van der Waals surface area contributed by atoms with Gasteiger partial charge in [-0.25, -0.2) is 4.98 Å². The Labute approximate surface area is 118 Å². The van der Waals surface area contributed by atoms with Gasteiger partial charge in [0.15, 0.2) is 5.02 Å². The fourth-order valence-electron chi connectivity index (χ4n) is 1.97. The Bertz CT molecular complexity index is 742. The minimum absolute atomic E-state index is 0.00507. The highest BCUT2D eigenvalue weighted by atomic mass is 35.5. The third kappa shape index (κ3) is 2.37. The second-order valence-electron chi connectivity index (χ2n) is 4.32. The molecule has 0 radical (unpaired) electrons. The van der Waals surface area contributed by atoms with Gasteiger partial charge in [-0.2, -0.15) is 0 Å². The van der Waals surface area contributed by atoms with E-state index in [0.29, 0.717) is 18.6 Å². The molecule has 1 aromatic carbocycles. The van der Waals surface area contributed by atoms with Gasteiger partial charge in [-0.05, 0) is 30.2 Å². The van der Waals surface area contributed by atoms with Crippen LogP contribution in [0.3, 0.4) is 0 Å². The van der Waals surface area contributed by atoms with Crippen LogP contribution in [0.15, 0.2) is 29.3 Å². The Kier molecular flexibility index (Phi) is 3.15. The van der Waals surface area contributed by atoms with Crippen molar-refractivity contribution in [1.29, 1.82) is 0 Å². The molecule has 7 heteroatoms. The lowest BCUT2D eigenvalue weighted by atomic mass is 10.0. The average molecular weight is 292 g/mol. The highest BCUT2D eigenvalue weighted by molar-refractivity contribution is 6.31. The van der Waals surface area contributed by atoms with Crippen molar-refractivity contribution in [1.82, 2.24) is 9.97 Å². The first-order chi connectivity index (χ1) is 9.63. The van der Waals surface area contributed by atoms with Crippen molar-refractivity contribution in [2.75, 3.05) is 5.32 Å². The largest absolute Gasteiger partial charge is 0.437 e. The van der Waals surface area contributed by atoms with Gasteiger partial charge in [0.25, 0.3) is 5.56 Å². The van der Waals surface area contributed by atoms with Crippen molar-refractivity contribution in [2.45, 2.75) is 12.8 Å². The number of nitrogens with zero attached hydrogens (tertiary/aromatic N) is 1. The van der Waals surface area contributed by atoms with Crippen LogP contribution in [0.1, 0.15) is 12.0 Å². The molecule has 2 heterocycles. The van der Waals surface area contributed by atoms with Gasteiger partial charge in [-0.1, -0.05) is 11.6 Å². The number of hydrogen-bond acceptors (Lipinski definition) is 4. The number of halogens is 1. The van der Waals surface area contributed by atoms with E-state index in [4.69, 9.17) is 16.3 Å². The summed E-state index contributed by atoms with van der Waals surface area (Å²) in [7, 11) is 0. The molecule has 0 bridgehead atoms. The third-order valence-corrected chi connectivity index (χ3v) is 3.28. The van der Waals surface area contributed by atoms with Crippen molar-refractivity contribution in [3.05, 3.63) is 45.5 Å². The van der Waals surface area contributed by atoms with Crippen LogP contribution in [-0.2, 0) is 11.2 Å². The number of aromatic nitrogens is 2. The molecule has 1 aliphatic heterocycles. The van der Waals surface area contributed by atoms with Gasteiger partial charge in [0, 0.05) is 12.1 Å². The summed E-state index contributed by atoms with van der Waals surface area (Å²) in [5, 5.41) is 2.68. The van der Waals surface area contributed by atoms with Gasteiger partial charge < -0.3 is 15.0 Å². The monoisotopic (exact) mass is 291 g/mol. The molecule has 1 aromatic heterocycles. The number of amides is 1. The maximum atomic E-state index is 11.3. The summed E-state index contributed by atoms with van der Waals surface area (Å²) in [4.78, 5) is 28.9. The molecular weight excluding hydrogens is 282 g/mol. The number of aryl methyl sites for hydroxylation is 1. The number of H-pyrrole nitrogens is 1. The molecule has 102 valence electrons. The average Bonchev–Trinajstić information content (AvgIpc) is 2.44. The topological polar surface area (TPSA) is 84.1 Å². The van der Waals surface area contributed by atoms with E-state index < -0.39 is 5.56 Å². The summed E-state index contributed by atoms with van der Waals surface area (Å²) < 4.78 is 5.51. The second-order valence-corrected chi connectivity index (χ2v) is 4.70. The van der Waals surface area contributed by atoms with E-state index in [1.807, 2.05) is 0 Å². The Morgan fingerprint density at radius 3 is 2.95 bits per heavy atom. The number of fused-ring (bicyclic) bond motifs is 1. The Morgan fingerprint density at radius 2 is 2.10 bits per heavy atom. The number of rotatable bonds is 2. The molecule has 0 saturated carbocycles. The van der Waals surface area contributed by atoms with Crippen molar-refractivity contribution < 1.29 is 9.53 Å². The molecule has 2 N–H and O–H groups in total. The first kappa shape index (κ1) is 12.7. The van der Waals surface area contributed by atoms with Crippen LogP contribution in [-0.4, -0.2) is 15.9 Å². The molecule has 0 atom stereocenters. The Hall–Kier alpha value is -2.34. The molecule has 3 rings (SSSR count). The fourth-order valence-corrected chi connectivity index (χ4v) is 2.11. The standard InChI is InChI=1S/C13H10ClN3O3/c14-11-12(19)15-6-16-13(11)20-8-2-3-9-7(5-8)1-4-10(18)17-9/h2-3,5-6H,1,4H2,(H,17,18)(H,15,16,19). The molecular formula is C13H10ClN3O3. The van der Waals surface area contributed by atoms with E-state index in [2.05, 4.69) is 15.3 Å². The molecule has 6 nitrogen and oxygen atoms in total. The number of anilines is 1. The number of ether oxygens (including phenoxy) is 1. The van der Waals surface area contributed by atoms with Crippen LogP contribution in [0.2, 0.25) is 5.02 Å². The summed E-state index contributed by atoms with van der Waals surface area (Å²) in [5.74, 6) is 0.570. The number of aromatic amines is 1. The first-order valence-corrected chi connectivity index (χ1v) is 6.35. The zero-order chi connectivity index (χ0) is 14.1. The zero-order valence-corrected chi connectivity index (χ0v) is 11.0. The normalized spacial score (nSPS) is 13.6. The highest BCUT2D eigenvalue weighted by Gasteiger charge is 2.16.